The van der Waals surface area contributed by atoms with Crippen molar-refractivity contribution in [3.8, 4) is 0 Å². The zero-order valence-corrected chi connectivity index (χ0v) is 14.7. The summed E-state index contributed by atoms with van der Waals surface area (Å²) in [4.78, 5) is 11.8. The molecule has 0 radical (unpaired) electrons. The van der Waals surface area contributed by atoms with Crippen molar-refractivity contribution in [3.05, 3.63) is 27.2 Å². The van der Waals surface area contributed by atoms with Crippen LogP contribution in [0, 0.1) is 0 Å². The molecule has 0 aliphatic heterocycles. The Morgan fingerprint density at radius 3 is 2.67 bits per heavy atom. The van der Waals surface area contributed by atoms with E-state index in [1.54, 1.807) is 0 Å². The summed E-state index contributed by atoms with van der Waals surface area (Å²) in [6.07, 6.45) is -0.164. The second-order valence-corrected chi connectivity index (χ2v) is 7.11. The highest BCUT2D eigenvalue weighted by atomic mass is 79.9. The Hall–Kier alpha value is -0.670. The number of amides is 1. The van der Waals surface area contributed by atoms with E-state index in [0.29, 0.717) is 11.1 Å². The zero-order chi connectivity index (χ0) is 16.2. The fourth-order valence-corrected chi connectivity index (χ4v) is 3.39. The van der Waals surface area contributed by atoms with Gasteiger partial charge in [0, 0.05) is 17.6 Å². The summed E-state index contributed by atoms with van der Waals surface area (Å²) in [7, 11) is -4.02. The summed E-state index contributed by atoms with van der Waals surface area (Å²) < 4.78 is 28.6. The monoisotopic (exact) mass is 398 g/mol. The Morgan fingerprint density at radius 2 is 2.14 bits per heavy atom. The molecule has 1 aromatic rings. The molecule has 0 saturated carbocycles. The lowest BCUT2D eigenvalue weighted by Gasteiger charge is -2.14. The van der Waals surface area contributed by atoms with Gasteiger partial charge in [-0.25, -0.2) is 13.6 Å². The van der Waals surface area contributed by atoms with Gasteiger partial charge in [0.1, 0.15) is 4.90 Å². The lowest BCUT2D eigenvalue weighted by atomic mass is 10.2. The number of ether oxygens (including phenoxy) is 1. The maximum Gasteiger partial charge on any atom is 0.252 e. The molecule has 0 heterocycles. The number of halogens is 2. The molecule has 118 valence electrons. The first kappa shape index (κ1) is 18.4. The number of primary sulfonamides is 1. The molecule has 6 nitrogen and oxygen atoms in total. The summed E-state index contributed by atoms with van der Waals surface area (Å²) in [6, 6.07) is 2.68. The van der Waals surface area contributed by atoms with E-state index in [2.05, 4.69) is 21.2 Å². The number of sulfonamides is 1. The van der Waals surface area contributed by atoms with E-state index in [-0.39, 0.29) is 28.1 Å². The summed E-state index contributed by atoms with van der Waals surface area (Å²) in [6.45, 7) is 4.47. The second kappa shape index (κ2) is 7.55. The number of nitrogens with one attached hydrogen (secondary N) is 1. The van der Waals surface area contributed by atoms with E-state index in [9.17, 15) is 13.2 Å². The SMILES string of the molecule is CCOC(C)CNC(=O)c1cc(Br)cc(S(N)(=O)=O)c1Cl. The van der Waals surface area contributed by atoms with Crippen LogP contribution >= 0.6 is 27.5 Å². The van der Waals surface area contributed by atoms with Gasteiger partial charge in [-0.15, -0.1) is 0 Å². The van der Waals surface area contributed by atoms with E-state index in [1.165, 1.54) is 12.1 Å². The van der Waals surface area contributed by atoms with Gasteiger partial charge in [0.05, 0.1) is 16.7 Å². The van der Waals surface area contributed by atoms with Crippen LogP contribution in [-0.2, 0) is 14.8 Å². The van der Waals surface area contributed by atoms with Crippen LogP contribution in [0.1, 0.15) is 24.2 Å². The molecule has 0 fully saturated rings. The van der Waals surface area contributed by atoms with Crippen molar-refractivity contribution in [2.24, 2.45) is 5.14 Å². The maximum atomic E-state index is 12.1. The highest BCUT2D eigenvalue weighted by Gasteiger charge is 2.21. The van der Waals surface area contributed by atoms with Crippen molar-refractivity contribution in [2.75, 3.05) is 13.2 Å². The Balaban J connectivity index is 3.03. The van der Waals surface area contributed by atoms with Crippen molar-refractivity contribution >= 4 is 43.5 Å². The lowest BCUT2D eigenvalue weighted by Crippen LogP contribution is -2.32. The van der Waals surface area contributed by atoms with Crippen molar-refractivity contribution in [3.63, 3.8) is 0 Å². The number of carbonyl (C=O) groups excluding carboxylic acids is 1. The quantitative estimate of drug-likeness (QED) is 0.763. The van der Waals surface area contributed by atoms with Gasteiger partial charge >= 0.3 is 0 Å². The fourth-order valence-electron chi connectivity index (χ4n) is 1.61. The van der Waals surface area contributed by atoms with Crippen LogP contribution in [0.15, 0.2) is 21.5 Å². The number of rotatable bonds is 6. The van der Waals surface area contributed by atoms with Gasteiger partial charge in [0.15, 0.2) is 0 Å². The van der Waals surface area contributed by atoms with Crippen LogP contribution in [0.25, 0.3) is 0 Å². The molecule has 0 aromatic heterocycles. The molecule has 1 atom stereocenters. The number of hydrogen-bond acceptors (Lipinski definition) is 4. The first-order valence-corrected chi connectivity index (χ1v) is 8.80. The predicted molar refractivity (Wildman–Crippen MR) is 83.9 cm³/mol. The molecule has 1 aromatic carbocycles. The first-order chi connectivity index (χ1) is 9.66. The minimum atomic E-state index is -4.02. The highest BCUT2D eigenvalue weighted by Crippen LogP contribution is 2.28. The Kier molecular flexibility index (Phi) is 6.61. The number of benzene rings is 1. The van der Waals surface area contributed by atoms with Crippen molar-refractivity contribution < 1.29 is 17.9 Å². The lowest BCUT2D eigenvalue weighted by molar-refractivity contribution is 0.0695. The van der Waals surface area contributed by atoms with Crippen molar-refractivity contribution in [1.29, 1.82) is 0 Å². The van der Waals surface area contributed by atoms with Crippen LogP contribution < -0.4 is 10.5 Å². The highest BCUT2D eigenvalue weighted by molar-refractivity contribution is 9.10. The molecule has 0 spiro atoms. The van der Waals surface area contributed by atoms with E-state index < -0.39 is 15.9 Å². The smallest absolute Gasteiger partial charge is 0.252 e. The largest absolute Gasteiger partial charge is 0.377 e. The third kappa shape index (κ3) is 5.23. The first-order valence-electron chi connectivity index (χ1n) is 6.08. The molecule has 9 heteroatoms. The summed E-state index contributed by atoms with van der Waals surface area (Å²) in [5.74, 6) is -0.502. The Bertz CT molecular complexity index is 636. The number of nitrogens with two attached hydrogens (primary N) is 1. The molecule has 1 amide bonds. The van der Waals surface area contributed by atoms with Crippen LogP contribution in [0.5, 0.6) is 0 Å². The van der Waals surface area contributed by atoms with E-state index in [1.807, 2.05) is 13.8 Å². The topological polar surface area (TPSA) is 98.5 Å². The Labute approximate surface area is 137 Å². The minimum Gasteiger partial charge on any atom is -0.377 e. The van der Waals surface area contributed by atoms with Gasteiger partial charge in [0.2, 0.25) is 10.0 Å². The molecule has 0 aliphatic rings. The van der Waals surface area contributed by atoms with E-state index in [0.717, 1.165) is 0 Å². The molecular formula is C12H16BrClN2O4S. The van der Waals surface area contributed by atoms with Gasteiger partial charge in [-0.2, -0.15) is 0 Å². The maximum absolute atomic E-state index is 12.1. The minimum absolute atomic E-state index is 0.0266. The molecule has 1 unspecified atom stereocenters. The molecular weight excluding hydrogens is 384 g/mol. The summed E-state index contributed by atoms with van der Waals surface area (Å²) in [5.41, 5.74) is 0.0266. The normalized spacial score (nSPS) is 13.0. The molecule has 0 aliphatic carbocycles. The molecule has 0 bridgehead atoms. The van der Waals surface area contributed by atoms with E-state index in [4.69, 9.17) is 21.5 Å². The summed E-state index contributed by atoms with van der Waals surface area (Å²) in [5, 5.41) is 7.49. The van der Waals surface area contributed by atoms with Crippen LogP contribution in [0.4, 0.5) is 0 Å². The molecule has 0 saturated heterocycles. The van der Waals surface area contributed by atoms with Crippen molar-refractivity contribution in [1.82, 2.24) is 5.32 Å². The van der Waals surface area contributed by atoms with Gasteiger partial charge < -0.3 is 10.1 Å². The second-order valence-electron chi connectivity index (χ2n) is 4.29. The summed E-state index contributed by atoms with van der Waals surface area (Å²) >= 11 is 9.09. The third-order valence-electron chi connectivity index (χ3n) is 2.56. The Morgan fingerprint density at radius 1 is 1.52 bits per heavy atom. The van der Waals surface area contributed by atoms with Gasteiger partial charge in [-0.05, 0) is 26.0 Å². The van der Waals surface area contributed by atoms with Gasteiger partial charge in [-0.3, -0.25) is 4.79 Å². The number of carbonyl (C=O) groups is 1. The average molecular weight is 400 g/mol. The molecule has 21 heavy (non-hydrogen) atoms. The van der Waals surface area contributed by atoms with Gasteiger partial charge in [-0.1, -0.05) is 27.5 Å². The predicted octanol–water partition coefficient (Wildman–Crippen LogP) is 1.90. The standard InChI is InChI=1S/C12H16BrClN2O4S/c1-3-20-7(2)6-16-12(17)9-4-8(13)5-10(11(9)14)21(15,18)19/h4-5,7H,3,6H2,1-2H3,(H,16,17)(H2,15,18,19). The third-order valence-corrected chi connectivity index (χ3v) is 4.47. The average Bonchev–Trinajstić information content (AvgIpc) is 2.37. The van der Waals surface area contributed by atoms with Crippen molar-refractivity contribution in [2.45, 2.75) is 24.8 Å². The molecule has 1 rings (SSSR count). The van der Waals surface area contributed by atoms with Crippen LogP contribution in [0.3, 0.4) is 0 Å². The number of hydrogen-bond donors (Lipinski definition) is 2. The molecule has 3 N–H and O–H groups in total. The zero-order valence-electron chi connectivity index (χ0n) is 11.5. The van der Waals surface area contributed by atoms with Crippen LogP contribution in [-0.4, -0.2) is 33.6 Å². The van der Waals surface area contributed by atoms with Crippen LogP contribution in [0.2, 0.25) is 5.02 Å². The van der Waals surface area contributed by atoms with E-state index >= 15 is 0 Å². The fraction of sp³-hybridized carbons (Fsp3) is 0.417. The van der Waals surface area contributed by atoms with Gasteiger partial charge in [0.25, 0.3) is 5.91 Å².